The molecule has 14 heavy (non-hydrogen) atoms. The average molecular weight is 206 g/mol. The second-order valence-electron chi connectivity index (χ2n) is 4.12. The van der Waals surface area contributed by atoms with Crippen LogP contribution in [0.25, 0.3) is 0 Å². The van der Waals surface area contributed by atoms with Gasteiger partial charge in [0.1, 0.15) is 0 Å². The molecule has 0 saturated carbocycles. The molecule has 0 bridgehead atoms. The highest BCUT2D eigenvalue weighted by molar-refractivity contribution is 4.87. The topological polar surface area (TPSA) is 33.3 Å². The number of halogens is 2. The molecule has 0 aromatic heterocycles. The normalized spacial score (nSPS) is 31.7. The van der Waals surface area contributed by atoms with Crippen LogP contribution in [0.1, 0.15) is 12.8 Å². The molecule has 2 aliphatic heterocycles. The Bertz CT molecular complexity index is 197. The van der Waals surface area contributed by atoms with Gasteiger partial charge in [-0.1, -0.05) is 0 Å². The Morgan fingerprint density at radius 3 is 2.71 bits per heavy atom. The number of rotatable bonds is 4. The van der Waals surface area contributed by atoms with Crippen molar-refractivity contribution >= 4 is 0 Å². The van der Waals surface area contributed by atoms with Gasteiger partial charge in [0.2, 0.25) is 0 Å². The zero-order valence-corrected chi connectivity index (χ0v) is 8.06. The first-order valence-electron chi connectivity index (χ1n) is 5.08. The summed E-state index contributed by atoms with van der Waals surface area (Å²) >= 11 is 0. The van der Waals surface area contributed by atoms with Crippen LogP contribution in [0.2, 0.25) is 0 Å². The van der Waals surface area contributed by atoms with Gasteiger partial charge < -0.3 is 15.4 Å². The molecule has 2 heterocycles. The van der Waals surface area contributed by atoms with Crippen molar-refractivity contribution in [1.82, 2.24) is 10.6 Å². The maximum absolute atomic E-state index is 12.8. The summed E-state index contributed by atoms with van der Waals surface area (Å²) in [7, 11) is 0. The van der Waals surface area contributed by atoms with Crippen LogP contribution in [0.3, 0.4) is 0 Å². The summed E-state index contributed by atoms with van der Waals surface area (Å²) < 4.78 is 30.5. The molecular weight excluding hydrogens is 190 g/mol. The lowest BCUT2D eigenvalue weighted by Gasteiger charge is -2.27. The summed E-state index contributed by atoms with van der Waals surface area (Å²) in [5, 5.41) is 6.10. The summed E-state index contributed by atoms with van der Waals surface area (Å²) in [5.41, 5.74) is 0. The molecule has 0 aromatic carbocycles. The van der Waals surface area contributed by atoms with E-state index in [4.69, 9.17) is 4.74 Å². The van der Waals surface area contributed by atoms with E-state index in [1.165, 1.54) is 0 Å². The van der Waals surface area contributed by atoms with E-state index in [1.807, 2.05) is 0 Å². The van der Waals surface area contributed by atoms with Gasteiger partial charge in [-0.25, -0.2) is 8.78 Å². The van der Waals surface area contributed by atoms with Crippen LogP contribution < -0.4 is 10.6 Å². The standard InChI is InChI=1S/C9H16F2N2O/c10-9(11)3-7(13-6-9)1-2-12-8-4-14-5-8/h7-8,12-13H,1-6H2. The molecule has 2 rings (SSSR count). The highest BCUT2D eigenvalue weighted by Gasteiger charge is 2.38. The third-order valence-electron chi connectivity index (χ3n) is 2.76. The van der Waals surface area contributed by atoms with Crippen LogP contribution in [0.4, 0.5) is 8.78 Å². The van der Waals surface area contributed by atoms with Crippen LogP contribution in [0, 0.1) is 0 Å². The molecule has 1 atom stereocenters. The number of hydrogen-bond donors (Lipinski definition) is 2. The predicted molar refractivity (Wildman–Crippen MR) is 48.6 cm³/mol. The molecule has 0 spiro atoms. The van der Waals surface area contributed by atoms with E-state index in [0.717, 1.165) is 26.2 Å². The summed E-state index contributed by atoms with van der Waals surface area (Å²) in [6, 6.07) is 0.412. The maximum atomic E-state index is 12.8. The fourth-order valence-corrected chi connectivity index (χ4v) is 1.82. The van der Waals surface area contributed by atoms with Crippen LogP contribution in [-0.4, -0.2) is 44.3 Å². The van der Waals surface area contributed by atoms with Gasteiger partial charge in [0.15, 0.2) is 0 Å². The molecular formula is C9H16F2N2O. The first kappa shape index (κ1) is 10.3. The van der Waals surface area contributed by atoms with E-state index in [0.29, 0.717) is 6.04 Å². The Morgan fingerprint density at radius 2 is 2.21 bits per heavy atom. The zero-order chi connectivity index (χ0) is 10.0. The van der Waals surface area contributed by atoms with Gasteiger partial charge in [-0.15, -0.1) is 0 Å². The Balaban J connectivity index is 1.57. The van der Waals surface area contributed by atoms with E-state index in [-0.39, 0.29) is 19.0 Å². The number of hydrogen-bond acceptors (Lipinski definition) is 3. The van der Waals surface area contributed by atoms with Gasteiger partial charge in [0, 0.05) is 12.5 Å². The van der Waals surface area contributed by atoms with Gasteiger partial charge in [-0.3, -0.25) is 0 Å². The molecule has 5 heteroatoms. The first-order valence-corrected chi connectivity index (χ1v) is 5.08. The summed E-state index contributed by atoms with van der Waals surface area (Å²) in [5.74, 6) is -2.50. The summed E-state index contributed by atoms with van der Waals surface area (Å²) in [4.78, 5) is 0. The van der Waals surface area contributed by atoms with Crippen molar-refractivity contribution < 1.29 is 13.5 Å². The molecule has 0 radical (unpaired) electrons. The summed E-state index contributed by atoms with van der Waals surface area (Å²) in [6.07, 6.45) is 0.752. The molecule has 82 valence electrons. The van der Waals surface area contributed by atoms with Crippen molar-refractivity contribution in [3.8, 4) is 0 Å². The molecule has 2 fully saturated rings. The van der Waals surface area contributed by atoms with Gasteiger partial charge in [0.25, 0.3) is 5.92 Å². The van der Waals surface area contributed by atoms with Crippen molar-refractivity contribution in [1.29, 1.82) is 0 Å². The molecule has 2 aliphatic rings. The Morgan fingerprint density at radius 1 is 1.43 bits per heavy atom. The van der Waals surface area contributed by atoms with Crippen molar-refractivity contribution in [3.63, 3.8) is 0 Å². The fourth-order valence-electron chi connectivity index (χ4n) is 1.82. The Kier molecular flexibility index (Phi) is 2.99. The number of alkyl halides is 2. The van der Waals surface area contributed by atoms with Crippen LogP contribution in [0.15, 0.2) is 0 Å². The highest BCUT2D eigenvalue weighted by Crippen LogP contribution is 2.26. The van der Waals surface area contributed by atoms with Crippen LogP contribution >= 0.6 is 0 Å². The Labute approximate surface area is 82.2 Å². The minimum absolute atomic E-state index is 0.0180. The molecule has 0 aliphatic carbocycles. The predicted octanol–water partition coefficient (Wildman–Crippen LogP) is 0.362. The van der Waals surface area contributed by atoms with E-state index < -0.39 is 5.92 Å². The second-order valence-corrected chi connectivity index (χ2v) is 4.12. The molecule has 0 aromatic rings. The van der Waals surface area contributed by atoms with Crippen LogP contribution in [-0.2, 0) is 4.74 Å². The van der Waals surface area contributed by atoms with E-state index in [1.54, 1.807) is 0 Å². The lowest BCUT2D eigenvalue weighted by Crippen LogP contribution is -2.47. The fraction of sp³-hybridized carbons (Fsp3) is 1.00. The quantitative estimate of drug-likeness (QED) is 0.697. The number of nitrogens with one attached hydrogen (secondary N) is 2. The van der Waals surface area contributed by atoms with Crippen molar-refractivity contribution in [3.05, 3.63) is 0 Å². The third kappa shape index (κ3) is 2.62. The molecule has 2 N–H and O–H groups in total. The molecule has 1 unspecified atom stereocenters. The zero-order valence-electron chi connectivity index (χ0n) is 8.06. The van der Waals surface area contributed by atoms with E-state index in [9.17, 15) is 8.78 Å². The molecule has 0 amide bonds. The van der Waals surface area contributed by atoms with Gasteiger partial charge in [-0.05, 0) is 13.0 Å². The van der Waals surface area contributed by atoms with Gasteiger partial charge in [-0.2, -0.15) is 0 Å². The maximum Gasteiger partial charge on any atom is 0.261 e. The van der Waals surface area contributed by atoms with Crippen molar-refractivity contribution in [2.24, 2.45) is 0 Å². The van der Waals surface area contributed by atoms with E-state index >= 15 is 0 Å². The van der Waals surface area contributed by atoms with Gasteiger partial charge >= 0.3 is 0 Å². The van der Waals surface area contributed by atoms with E-state index in [2.05, 4.69) is 10.6 Å². The smallest absolute Gasteiger partial charge is 0.261 e. The van der Waals surface area contributed by atoms with Gasteiger partial charge in [0.05, 0.1) is 25.8 Å². The highest BCUT2D eigenvalue weighted by atomic mass is 19.3. The van der Waals surface area contributed by atoms with Crippen molar-refractivity contribution in [2.75, 3.05) is 26.3 Å². The second kappa shape index (κ2) is 4.08. The lowest BCUT2D eigenvalue weighted by molar-refractivity contribution is -0.00547. The molecule has 2 saturated heterocycles. The number of ether oxygens (including phenoxy) is 1. The largest absolute Gasteiger partial charge is 0.378 e. The molecule has 3 nitrogen and oxygen atoms in total. The summed E-state index contributed by atoms with van der Waals surface area (Å²) in [6.45, 7) is 2.15. The lowest BCUT2D eigenvalue weighted by atomic mass is 10.1. The van der Waals surface area contributed by atoms with Crippen molar-refractivity contribution in [2.45, 2.75) is 30.8 Å². The first-order chi connectivity index (χ1) is 6.66. The minimum atomic E-state index is -2.50. The average Bonchev–Trinajstić information content (AvgIpc) is 2.36. The van der Waals surface area contributed by atoms with Crippen LogP contribution in [0.5, 0.6) is 0 Å². The monoisotopic (exact) mass is 206 g/mol. The third-order valence-corrected chi connectivity index (χ3v) is 2.76. The minimum Gasteiger partial charge on any atom is -0.378 e. The Hall–Kier alpha value is -0.260. The SMILES string of the molecule is FC1(F)CNC(CCNC2COC2)C1.